The predicted molar refractivity (Wildman–Crippen MR) is 99.7 cm³/mol. The Balaban J connectivity index is 2.18. The van der Waals surface area contributed by atoms with Crippen molar-refractivity contribution in [2.45, 2.75) is 52.4 Å². The monoisotopic (exact) mass is 330 g/mol. The van der Waals surface area contributed by atoms with Crippen molar-refractivity contribution in [3.8, 4) is 5.75 Å². The standard InChI is InChI=1S/C20H30N2O2/c1-5-22(3)14-21-18-13-20(24-4)17(11-15(18)2)19(23)12-16-9-7-6-8-10-16/h11,13-14,16H,5-10,12H2,1-4H3/b21-14+. The van der Waals surface area contributed by atoms with Gasteiger partial charge in [-0.1, -0.05) is 32.1 Å². The number of aryl methyl sites for hydroxylation is 1. The van der Waals surface area contributed by atoms with E-state index in [-0.39, 0.29) is 5.78 Å². The van der Waals surface area contributed by atoms with Gasteiger partial charge in [0.1, 0.15) is 5.75 Å². The van der Waals surface area contributed by atoms with E-state index in [4.69, 9.17) is 4.74 Å². The van der Waals surface area contributed by atoms with Crippen molar-refractivity contribution >= 4 is 17.8 Å². The van der Waals surface area contributed by atoms with Crippen molar-refractivity contribution < 1.29 is 9.53 Å². The van der Waals surface area contributed by atoms with E-state index in [1.54, 1.807) is 7.11 Å². The lowest BCUT2D eigenvalue weighted by molar-refractivity contribution is 0.0947. The maximum atomic E-state index is 12.7. The molecule has 0 N–H and O–H groups in total. The van der Waals surface area contributed by atoms with Crippen molar-refractivity contribution in [1.29, 1.82) is 0 Å². The molecule has 0 spiro atoms. The molecule has 1 saturated carbocycles. The first-order valence-corrected chi connectivity index (χ1v) is 9.01. The number of nitrogens with zero attached hydrogens (tertiary/aromatic N) is 2. The number of ether oxygens (including phenoxy) is 1. The number of hydrogen-bond donors (Lipinski definition) is 0. The van der Waals surface area contributed by atoms with Crippen LogP contribution in [0.1, 0.15) is 61.4 Å². The minimum Gasteiger partial charge on any atom is -0.496 e. The zero-order chi connectivity index (χ0) is 17.5. The quantitative estimate of drug-likeness (QED) is 0.411. The van der Waals surface area contributed by atoms with Gasteiger partial charge in [0, 0.05) is 26.1 Å². The van der Waals surface area contributed by atoms with Gasteiger partial charge in [0.2, 0.25) is 0 Å². The average molecular weight is 330 g/mol. The van der Waals surface area contributed by atoms with Crippen molar-refractivity contribution in [3.63, 3.8) is 0 Å². The molecule has 1 fully saturated rings. The largest absolute Gasteiger partial charge is 0.496 e. The van der Waals surface area contributed by atoms with E-state index in [9.17, 15) is 4.79 Å². The van der Waals surface area contributed by atoms with Crippen LogP contribution < -0.4 is 4.74 Å². The van der Waals surface area contributed by atoms with Crippen LogP contribution in [-0.2, 0) is 0 Å². The Morgan fingerprint density at radius 3 is 2.67 bits per heavy atom. The van der Waals surface area contributed by atoms with Gasteiger partial charge in [0.05, 0.1) is 24.7 Å². The van der Waals surface area contributed by atoms with Gasteiger partial charge in [-0.2, -0.15) is 0 Å². The third-order valence-electron chi connectivity index (χ3n) is 4.91. The lowest BCUT2D eigenvalue weighted by Gasteiger charge is -2.21. The molecule has 132 valence electrons. The van der Waals surface area contributed by atoms with Gasteiger partial charge in [0.25, 0.3) is 0 Å². The van der Waals surface area contributed by atoms with Crippen LogP contribution in [0.25, 0.3) is 0 Å². The van der Waals surface area contributed by atoms with Gasteiger partial charge >= 0.3 is 0 Å². The fourth-order valence-electron chi connectivity index (χ4n) is 3.21. The Morgan fingerprint density at radius 1 is 1.33 bits per heavy atom. The van der Waals surface area contributed by atoms with Gasteiger partial charge in [-0.3, -0.25) is 4.79 Å². The van der Waals surface area contributed by atoms with Crippen molar-refractivity contribution in [1.82, 2.24) is 4.90 Å². The number of methoxy groups -OCH3 is 1. The smallest absolute Gasteiger partial charge is 0.166 e. The molecule has 1 aromatic carbocycles. The summed E-state index contributed by atoms with van der Waals surface area (Å²) < 4.78 is 5.48. The highest BCUT2D eigenvalue weighted by molar-refractivity contribution is 5.99. The molecule has 0 bridgehead atoms. The molecule has 0 saturated heterocycles. The summed E-state index contributed by atoms with van der Waals surface area (Å²) in [5.74, 6) is 1.36. The minimum atomic E-state index is 0.197. The van der Waals surface area contributed by atoms with E-state index in [0.29, 0.717) is 23.7 Å². The molecule has 1 aliphatic rings. The van der Waals surface area contributed by atoms with Gasteiger partial charge in [-0.15, -0.1) is 0 Å². The molecule has 1 aromatic rings. The van der Waals surface area contributed by atoms with E-state index in [1.165, 1.54) is 32.1 Å². The van der Waals surface area contributed by atoms with Crippen molar-refractivity contribution in [2.75, 3.05) is 20.7 Å². The Bertz CT molecular complexity index is 590. The van der Waals surface area contributed by atoms with Gasteiger partial charge in [0.15, 0.2) is 5.78 Å². The Kier molecular flexibility index (Phi) is 6.83. The molecule has 1 aliphatic carbocycles. The van der Waals surface area contributed by atoms with Gasteiger partial charge in [-0.25, -0.2) is 4.99 Å². The zero-order valence-corrected chi connectivity index (χ0v) is 15.5. The summed E-state index contributed by atoms with van der Waals surface area (Å²) in [6, 6.07) is 3.81. The molecule has 2 rings (SSSR count). The van der Waals surface area contributed by atoms with E-state index >= 15 is 0 Å². The number of ketones is 1. The molecular formula is C20H30N2O2. The molecule has 0 atom stereocenters. The fraction of sp³-hybridized carbons (Fsp3) is 0.600. The van der Waals surface area contributed by atoms with Crippen LogP contribution in [0.2, 0.25) is 0 Å². The number of hydrogen-bond acceptors (Lipinski definition) is 3. The topological polar surface area (TPSA) is 41.9 Å². The highest BCUT2D eigenvalue weighted by Crippen LogP contribution is 2.33. The number of carbonyl (C=O) groups excluding carboxylic acids is 1. The lowest BCUT2D eigenvalue weighted by Crippen LogP contribution is -2.14. The summed E-state index contributed by atoms with van der Waals surface area (Å²) in [5, 5.41) is 0. The van der Waals surface area contributed by atoms with E-state index in [2.05, 4.69) is 11.9 Å². The predicted octanol–water partition coefficient (Wildman–Crippen LogP) is 4.77. The highest BCUT2D eigenvalue weighted by atomic mass is 16.5. The Hall–Kier alpha value is -1.84. The van der Waals surface area contributed by atoms with E-state index < -0.39 is 0 Å². The number of Topliss-reactive ketones (excluding diaryl/α,β-unsaturated/α-hetero) is 1. The maximum Gasteiger partial charge on any atom is 0.166 e. The third-order valence-corrected chi connectivity index (χ3v) is 4.91. The number of aliphatic imine (C=N–C) groups is 1. The minimum absolute atomic E-state index is 0.197. The van der Waals surface area contributed by atoms with Crippen LogP contribution in [0.4, 0.5) is 5.69 Å². The van der Waals surface area contributed by atoms with Crippen LogP contribution >= 0.6 is 0 Å². The summed E-state index contributed by atoms with van der Waals surface area (Å²) in [5.41, 5.74) is 2.55. The fourth-order valence-corrected chi connectivity index (χ4v) is 3.21. The number of rotatable bonds is 7. The zero-order valence-electron chi connectivity index (χ0n) is 15.5. The molecule has 0 amide bonds. The summed E-state index contributed by atoms with van der Waals surface area (Å²) in [6.07, 6.45) is 8.63. The first-order chi connectivity index (χ1) is 11.5. The summed E-state index contributed by atoms with van der Waals surface area (Å²) in [4.78, 5) is 19.3. The molecule has 0 heterocycles. The molecule has 4 heteroatoms. The van der Waals surface area contributed by atoms with E-state index in [1.807, 2.05) is 37.3 Å². The molecule has 0 unspecified atom stereocenters. The second-order valence-electron chi connectivity index (χ2n) is 6.79. The lowest BCUT2D eigenvalue weighted by atomic mass is 9.84. The summed E-state index contributed by atoms with van der Waals surface area (Å²) in [7, 11) is 3.60. The second kappa shape index (κ2) is 8.86. The Morgan fingerprint density at radius 2 is 2.04 bits per heavy atom. The van der Waals surface area contributed by atoms with Gasteiger partial charge in [-0.05, 0) is 31.4 Å². The first kappa shape index (κ1) is 18.5. The van der Waals surface area contributed by atoms with Crippen LogP contribution in [0, 0.1) is 12.8 Å². The van der Waals surface area contributed by atoms with Crippen molar-refractivity contribution in [3.05, 3.63) is 23.3 Å². The van der Waals surface area contributed by atoms with Crippen LogP contribution in [-0.4, -0.2) is 37.7 Å². The van der Waals surface area contributed by atoms with Crippen molar-refractivity contribution in [2.24, 2.45) is 10.9 Å². The summed E-state index contributed by atoms with van der Waals surface area (Å²) >= 11 is 0. The summed E-state index contributed by atoms with van der Waals surface area (Å²) in [6.45, 7) is 4.97. The van der Waals surface area contributed by atoms with Crippen LogP contribution in [0.3, 0.4) is 0 Å². The molecule has 0 radical (unpaired) electrons. The average Bonchev–Trinajstić information content (AvgIpc) is 2.60. The molecule has 4 nitrogen and oxygen atoms in total. The van der Waals surface area contributed by atoms with Gasteiger partial charge < -0.3 is 9.64 Å². The third kappa shape index (κ3) is 4.83. The number of benzene rings is 1. The molecule has 24 heavy (non-hydrogen) atoms. The SMILES string of the molecule is CCN(C)/C=N/c1cc(OC)c(C(=O)CC2CCCCC2)cc1C. The maximum absolute atomic E-state index is 12.7. The van der Waals surface area contributed by atoms with Crippen LogP contribution in [0.15, 0.2) is 17.1 Å². The normalized spacial score (nSPS) is 15.7. The first-order valence-electron chi connectivity index (χ1n) is 9.01. The van der Waals surface area contributed by atoms with Crippen LogP contribution in [0.5, 0.6) is 5.75 Å². The number of carbonyl (C=O) groups is 1. The second-order valence-corrected chi connectivity index (χ2v) is 6.79. The highest BCUT2D eigenvalue weighted by Gasteiger charge is 2.21. The Labute approximate surface area is 145 Å². The molecule has 0 aromatic heterocycles. The van der Waals surface area contributed by atoms with E-state index in [0.717, 1.165) is 17.8 Å². The molecule has 0 aliphatic heterocycles. The molecular weight excluding hydrogens is 300 g/mol.